The number of rotatable bonds is 10. The van der Waals surface area contributed by atoms with E-state index in [0.29, 0.717) is 30.6 Å². The first kappa shape index (κ1) is 29.3. The molecule has 42 heavy (non-hydrogen) atoms. The van der Waals surface area contributed by atoms with Crippen LogP contribution >= 0.6 is 0 Å². The van der Waals surface area contributed by atoms with Crippen molar-refractivity contribution in [2.75, 3.05) is 18.5 Å². The lowest BCUT2D eigenvalue weighted by molar-refractivity contribution is 0.0904. The number of fused-ring (bicyclic) bond motifs is 1. The second kappa shape index (κ2) is 13.2. The number of ether oxygens (including phenoxy) is 1. The monoisotopic (exact) mass is 566 g/mol. The van der Waals surface area contributed by atoms with Gasteiger partial charge in [-0.05, 0) is 62.4 Å². The zero-order valence-electron chi connectivity index (χ0n) is 24.9. The summed E-state index contributed by atoms with van der Waals surface area (Å²) in [5.41, 5.74) is 7.93. The summed E-state index contributed by atoms with van der Waals surface area (Å²) in [5.74, 6) is -0.466. The Morgan fingerprint density at radius 1 is 1.02 bits per heavy atom. The molecule has 3 N–H and O–H groups in total. The van der Waals surface area contributed by atoms with Crippen molar-refractivity contribution in [3.05, 3.63) is 82.2 Å². The van der Waals surface area contributed by atoms with Crippen LogP contribution in [-0.2, 0) is 30.8 Å². The fourth-order valence-corrected chi connectivity index (χ4v) is 5.44. The smallest absolute Gasteiger partial charge is 0.251 e. The Labute approximate surface area is 247 Å². The SMILES string of the molecule is Bc1ccc(C)c(CNC(=O)c2cccc(C(=O)NCc3c(CC)nc4c(cnn4CC)c3NC3CCOCC3)c2)c1. The molecule has 0 radical (unpaired) electrons. The zero-order chi connectivity index (χ0) is 29.6. The van der Waals surface area contributed by atoms with Gasteiger partial charge >= 0.3 is 0 Å². The predicted molar refractivity (Wildman–Crippen MR) is 168 cm³/mol. The molecular formula is C32H39BN6O3. The Bertz CT molecular complexity index is 1590. The first-order chi connectivity index (χ1) is 20.4. The average Bonchev–Trinajstić information content (AvgIpc) is 3.44. The fraction of sp³-hybridized carbons (Fsp3) is 0.375. The number of pyridine rings is 1. The van der Waals surface area contributed by atoms with E-state index in [1.165, 1.54) is 0 Å². The number of aryl methyl sites for hydroxylation is 3. The number of anilines is 1. The molecule has 3 heterocycles. The van der Waals surface area contributed by atoms with E-state index in [1.54, 1.807) is 24.3 Å². The third kappa shape index (κ3) is 6.49. The van der Waals surface area contributed by atoms with Crippen molar-refractivity contribution in [1.29, 1.82) is 0 Å². The van der Waals surface area contributed by atoms with Gasteiger partial charge in [0.05, 0.1) is 17.3 Å². The first-order valence-electron chi connectivity index (χ1n) is 14.8. The molecule has 0 unspecified atom stereocenters. The second-order valence-corrected chi connectivity index (χ2v) is 10.9. The van der Waals surface area contributed by atoms with Crippen molar-refractivity contribution < 1.29 is 14.3 Å². The summed E-state index contributed by atoms with van der Waals surface area (Å²) in [4.78, 5) is 31.3. The Hall–Kier alpha value is -4.18. The van der Waals surface area contributed by atoms with Crippen LogP contribution in [0.1, 0.15) is 69.8 Å². The van der Waals surface area contributed by atoms with Crippen LogP contribution in [0.15, 0.2) is 48.7 Å². The lowest BCUT2D eigenvalue weighted by atomic mass is 9.92. The van der Waals surface area contributed by atoms with Gasteiger partial charge in [0.1, 0.15) is 7.85 Å². The molecular weight excluding hydrogens is 527 g/mol. The summed E-state index contributed by atoms with van der Waals surface area (Å²) >= 11 is 0. The van der Waals surface area contributed by atoms with Crippen LogP contribution in [0.2, 0.25) is 0 Å². The van der Waals surface area contributed by atoms with Crippen molar-refractivity contribution in [1.82, 2.24) is 25.4 Å². The molecule has 1 aliphatic rings. The minimum Gasteiger partial charge on any atom is -0.381 e. The topological polar surface area (TPSA) is 110 Å². The summed E-state index contributed by atoms with van der Waals surface area (Å²) in [7, 11) is 2.03. The second-order valence-electron chi connectivity index (χ2n) is 10.9. The number of hydrogen-bond donors (Lipinski definition) is 3. The number of aromatic nitrogens is 3. The maximum absolute atomic E-state index is 13.4. The van der Waals surface area contributed by atoms with Gasteiger partial charge in [0.15, 0.2) is 5.65 Å². The lowest BCUT2D eigenvalue weighted by Crippen LogP contribution is -2.30. The van der Waals surface area contributed by atoms with Gasteiger partial charge in [0.2, 0.25) is 0 Å². The lowest BCUT2D eigenvalue weighted by Gasteiger charge is -2.26. The van der Waals surface area contributed by atoms with Crippen molar-refractivity contribution in [2.45, 2.75) is 65.7 Å². The van der Waals surface area contributed by atoms with Gasteiger partial charge in [0, 0.05) is 61.3 Å². The highest BCUT2D eigenvalue weighted by atomic mass is 16.5. The molecule has 218 valence electrons. The van der Waals surface area contributed by atoms with Crippen molar-refractivity contribution in [3.8, 4) is 0 Å². The van der Waals surface area contributed by atoms with Crippen molar-refractivity contribution in [3.63, 3.8) is 0 Å². The third-order valence-electron chi connectivity index (χ3n) is 7.93. The molecule has 2 aromatic heterocycles. The highest BCUT2D eigenvalue weighted by Crippen LogP contribution is 2.31. The standard InChI is InChI=1S/C32H39BN6O3/c1-4-28-26(29(37-25-11-13-42-14-12-25)27-19-36-39(5-2)30(27)38-28)18-35-32(41)22-8-6-7-21(15-22)31(40)34-17-23-16-24(33)10-9-20(23)3/h6-10,15-16,19,25H,4-5,11-14,17-18,33H2,1-3H3,(H,34,40)(H,35,41)(H,37,38). The molecule has 0 aliphatic carbocycles. The molecule has 10 heteroatoms. The molecule has 1 saturated heterocycles. The molecule has 5 rings (SSSR count). The van der Waals surface area contributed by atoms with E-state index in [4.69, 9.17) is 9.72 Å². The summed E-state index contributed by atoms with van der Waals surface area (Å²) < 4.78 is 7.47. The number of amides is 2. The van der Waals surface area contributed by atoms with E-state index in [0.717, 1.165) is 77.2 Å². The number of carbonyl (C=O) groups is 2. The first-order valence-corrected chi connectivity index (χ1v) is 14.8. The van der Waals surface area contributed by atoms with Gasteiger partial charge in [-0.25, -0.2) is 9.67 Å². The third-order valence-corrected chi connectivity index (χ3v) is 7.93. The summed E-state index contributed by atoms with van der Waals surface area (Å²) in [6, 6.07) is 13.3. The summed E-state index contributed by atoms with van der Waals surface area (Å²) in [5, 5.41) is 15.3. The minimum absolute atomic E-state index is 0.218. The Morgan fingerprint density at radius 2 is 1.74 bits per heavy atom. The van der Waals surface area contributed by atoms with Gasteiger partial charge in [-0.2, -0.15) is 5.10 Å². The largest absolute Gasteiger partial charge is 0.381 e. The van der Waals surface area contributed by atoms with Crippen molar-refractivity contribution >= 4 is 41.8 Å². The van der Waals surface area contributed by atoms with Gasteiger partial charge in [0.25, 0.3) is 11.8 Å². The zero-order valence-corrected chi connectivity index (χ0v) is 24.9. The van der Waals surface area contributed by atoms with E-state index in [2.05, 4.69) is 53.1 Å². The molecule has 0 spiro atoms. The Morgan fingerprint density at radius 3 is 2.43 bits per heavy atom. The summed E-state index contributed by atoms with van der Waals surface area (Å²) in [6.45, 7) is 9.06. The van der Waals surface area contributed by atoms with E-state index in [9.17, 15) is 9.59 Å². The molecule has 4 aromatic rings. The van der Waals surface area contributed by atoms with Crippen LogP contribution in [0.5, 0.6) is 0 Å². The van der Waals surface area contributed by atoms with Gasteiger partial charge in [-0.3, -0.25) is 9.59 Å². The van der Waals surface area contributed by atoms with Crippen molar-refractivity contribution in [2.24, 2.45) is 0 Å². The predicted octanol–water partition coefficient (Wildman–Crippen LogP) is 3.03. The van der Waals surface area contributed by atoms with Gasteiger partial charge in [-0.15, -0.1) is 0 Å². The van der Waals surface area contributed by atoms with Crippen LogP contribution in [-0.4, -0.2) is 53.7 Å². The molecule has 0 bridgehead atoms. The van der Waals surface area contributed by atoms with Crippen LogP contribution in [0.4, 0.5) is 5.69 Å². The van der Waals surface area contributed by atoms with Crippen LogP contribution in [0.25, 0.3) is 11.0 Å². The van der Waals surface area contributed by atoms with E-state index in [1.807, 2.05) is 25.6 Å². The average molecular weight is 567 g/mol. The van der Waals surface area contributed by atoms with Gasteiger partial charge < -0.3 is 20.7 Å². The summed E-state index contributed by atoms with van der Waals surface area (Å²) in [6.07, 6.45) is 4.40. The number of nitrogens with one attached hydrogen (secondary N) is 3. The molecule has 1 aliphatic heterocycles. The van der Waals surface area contributed by atoms with E-state index < -0.39 is 0 Å². The minimum atomic E-state index is -0.248. The van der Waals surface area contributed by atoms with Crippen LogP contribution in [0.3, 0.4) is 0 Å². The molecule has 0 atom stereocenters. The number of benzene rings is 2. The highest BCUT2D eigenvalue weighted by molar-refractivity contribution is 6.32. The van der Waals surface area contributed by atoms with Crippen LogP contribution < -0.4 is 21.4 Å². The molecule has 0 saturated carbocycles. The Kier molecular flexibility index (Phi) is 9.22. The number of nitrogens with zero attached hydrogens (tertiary/aromatic N) is 3. The normalized spacial score (nSPS) is 13.7. The maximum Gasteiger partial charge on any atom is 0.251 e. The number of carbonyl (C=O) groups excluding carboxylic acids is 2. The molecule has 9 nitrogen and oxygen atoms in total. The van der Waals surface area contributed by atoms with Gasteiger partial charge in [-0.1, -0.05) is 36.7 Å². The quantitative estimate of drug-likeness (QED) is 0.255. The molecule has 1 fully saturated rings. The Balaban J connectivity index is 1.34. The van der Waals surface area contributed by atoms with E-state index >= 15 is 0 Å². The molecule has 2 aromatic carbocycles. The van der Waals surface area contributed by atoms with E-state index in [-0.39, 0.29) is 17.9 Å². The fourth-order valence-electron chi connectivity index (χ4n) is 5.44. The highest BCUT2D eigenvalue weighted by Gasteiger charge is 2.22. The molecule has 2 amide bonds. The van der Waals surface area contributed by atoms with Crippen LogP contribution in [0, 0.1) is 6.92 Å². The maximum atomic E-state index is 13.4. The number of hydrogen-bond acceptors (Lipinski definition) is 6.